The van der Waals surface area contributed by atoms with Crippen molar-refractivity contribution in [3.05, 3.63) is 146 Å². The van der Waals surface area contributed by atoms with Crippen molar-refractivity contribution in [1.29, 1.82) is 0 Å². The van der Waals surface area contributed by atoms with Crippen molar-refractivity contribution in [2.75, 3.05) is 71.3 Å². The molecule has 4 aromatic carbocycles. The number of benzene rings is 4. The van der Waals surface area contributed by atoms with E-state index in [9.17, 15) is 20.2 Å². The average Bonchev–Trinajstić information content (AvgIpc) is 3.11. The van der Waals surface area contributed by atoms with Crippen LogP contribution in [0.3, 0.4) is 0 Å². The molecule has 0 unspecified atom stereocenters. The Balaban J connectivity index is 1.08. The van der Waals surface area contributed by atoms with Gasteiger partial charge in [0.2, 0.25) is 0 Å². The van der Waals surface area contributed by atoms with Crippen LogP contribution in [0.15, 0.2) is 109 Å². The van der Waals surface area contributed by atoms with Crippen LogP contribution >= 0.6 is 0 Å². The van der Waals surface area contributed by atoms with E-state index >= 15 is 0 Å². The van der Waals surface area contributed by atoms with Gasteiger partial charge in [-0.3, -0.25) is 20.2 Å². The van der Waals surface area contributed by atoms with Gasteiger partial charge in [0.15, 0.2) is 0 Å². The lowest BCUT2D eigenvalue weighted by molar-refractivity contribution is -0.393. The van der Waals surface area contributed by atoms with Crippen LogP contribution in [0.4, 0.5) is 17.1 Å². The summed E-state index contributed by atoms with van der Waals surface area (Å²) in [6, 6.07) is 34.1. The molecule has 0 amide bonds. The molecule has 0 aliphatic heterocycles. The van der Waals surface area contributed by atoms with Crippen molar-refractivity contribution in [2.24, 2.45) is 0 Å². The van der Waals surface area contributed by atoms with Crippen LogP contribution in [0.2, 0.25) is 0 Å². The van der Waals surface area contributed by atoms with Gasteiger partial charge in [0.25, 0.3) is 11.4 Å². The van der Waals surface area contributed by atoms with Gasteiger partial charge in [0.1, 0.15) is 11.3 Å². The fourth-order valence-electron chi connectivity index (χ4n) is 4.98. The Morgan fingerprint density at radius 3 is 1.38 bits per heavy atom. The first kappa shape index (κ1) is 35.1. The molecule has 1 N–H and O–H groups in total. The summed E-state index contributed by atoms with van der Waals surface area (Å²) in [5, 5.41) is 24.9. The minimum atomic E-state index is -0.783. The Bertz CT molecular complexity index is 1410. The molecule has 4 aromatic rings. The molecule has 0 radical (unpaired) electrons. The summed E-state index contributed by atoms with van der Waals surface area (Å²) in [7, 11) is 0. The Kier molecular flexibility index (Phi) is 14.2. The number of rotatable bonds is 22. The molecule has 248 valence electrons. The maximum Gasteiger partial charge on any atom is 0.299 e. The third-order valence-electron chi connectivity index (χ3n) is 7.15. The Labute approximate surface area is 273 Å². The molecule has 0 saturated carbocycles. The fraction of sp³-hybridized carbons (Fsp3) is 0.314. The summed E-state index contributed by atoms with van der Waals surface area (Å²) in [5.41, 5.74) is 1.82. The largest absolute Gasteiger partial charge is 0.377 e. The lowest BCUT2D eigenvalue weighted by Crippen LogP contribution is -2.34. The molecular weight excluding hydrogens is 606 g/mol. The molecule has 12 nitrogen and oxygen atoms in total. The van der Waals surface area contributed by atoms with Crippen LogP contribution < -0.4 is 5.32 Å². The smallest absolute Gasteiger partial charge is 0.299 e. The van der Waals surface area contributed by atoms with Gasteiger partial charge in [-0.25, -0.2) is 0 Å². The second-order valence-electron chi connectivity index (χ2n) is 10.2. The van der Waals surface area contributed by atoms with Crippen molar-refractivity contribution in [3.8, 4) is 0 Å². The van der Waals surface area contributed by atoms with Crippen molar-refractivity contribution in [2.45, 2.75) is 5.60 Å². The van der Waals surface area contributed by atoms with Gasteiger partial charge in [-0.2, -0.15) is 0 Å². The number of nitro benzene ring substituents is 2. The SMILES string of the molecule is O=[N+]([O-])c1ccc(NCCOCCOCCOCCOCCOC(c2ccccc2)(c2ccccc2)c2ccccc2)c([N+](=O)[O-])c1. The molecular formula is C35H39N3O9. The van der Waals surface area contributed by atoms with Gasteiger partial charge in [0.05, 0.1) is 75.4 Å². The van der Waals surface area contributed by atoms with E-state index in [1.807, 2.05) is 54.6 Å². The monoisotopic (exact) mass is 645 g/mol. The fourth-order valence-corrected chi connectivity index (χ4v) is 4.98. The second kappa shape index (κ2) is 19.1. The van der Waals surface area contributed by atoms with E-state index in [0.29, 0.717) is 59.4 Å². The number of nitrogens with one attached hydrogen (secondary N) is 1. The number of anilines is 1. The summed E-state index contributed by atoms with van der Waals surface area (Å²) in [5.74, 6) is 0. The van der Waals surface area contributed by atoms with E-state index in [2.05, 4.69) is 41.7 Å². The number of ether oxygens (including phenoxy) is 5. The zero-order valence-corrected chi connectivity index (χ0v) is 26.0. The number of non-ortho nitro benzene ring substituents is 1. The van der Waals surface area contributed by atoms with Gasteiger partial charge < -0.3 is 29.0 Å². The molecule has 0 fully saturated rings. The van der Waals surface area contributed by atoms with Crippen molar-refractivity contribution < 1.29 is 33.5 Å². The second-order valence-corrected chi connectivity index (χ2v) is 10.2. The number of hydrogen-bond acceptors (Lipinski definition) is 10. The summed E-state index contributed by atoms with van der Waals surface area (Å²) in [4.78, 5) is 20.7. The molecule has 0 spiro atoms. The summed E-state index contributed by atoms with van der Waals surface area (Å²) >= 11 is 0. The summed E-state index contributed by atoms with van der Waals surface area (Å²) in [6.45, 7) is 3.68. The van der Waals surface area contributed by atoms with Crippen LogP contribution in [0.25, 0.3) is 0 Å². The van der Waals surface area contributed by atoms with E-state index in [4.69, 9.17) is 23.7 Å². The van der Waals surface area contributed by atoms with E-state index in [1.54, 1.807) is 0 Å². The maximum absolute atomic E-state index is 11.2. The van der Waals surface area contributed by atoms with Crippen LogP contribution in [-0.4, -0.2) is 75.9 Å². The summed E-state index contributed by atoms with van der Waals surface area (Å²) in [6.07, 6.45) is 0. The predicted octanol–water partition coefficient (Wildman–Crippen LogP) is 5.99. The number of hydrogen-bond donors (Lipinski definition) is 1. The number of nitro groups is 2. The molecule has 0 atom stereocenters. The average molecular weight is 646 g/mol. The third kappa shape index (κ3) is 10.4. The molecule has 0 heterocycles. The van der Waals surface area contributed by atoms with E-state index in [1.165, 1.54) is 12.1 Å². The zero-order chi connectivity index (χ0) is 33.2. The lowest BCUT2D eigenvalue weighted by Gasteiger charge is -2.36. The highest BCUT2D eigenvalue weighted by molar-refractivity contribution is 5.65. The van der Waals surface area contributed by atoms with Crippen LogP contribution in [0.5, 0.6) is 0 Å². The van der Waals surface area contributed by atoms with Crippen LogP contribution in [0, 0.1) is 20.2 Å². The highest BCUT2D eigenvalue weighted by atomic mass is 16.6. The van der Waals surface area contributed by atoms with Gasteiger partial charge in [-0.05, 0) is 22.8 Å². The first-order valence-corrected chi connectivity index (χ1v) is 15.3. The predicted molar refractivity (Wildman–Crippen MR) is 177 cm³/mol. The molecule has 4 rings (SSSR count). The van der Waals surface area contributed by atoms with E-state index in [-0.39, 0.29) is 23.7 Å². The molecule has 0 aromatic heterocycles. The minimum Gasteiger partial charge on any atom is -0.377 e. The normalized spacial score (nSPS) is 11.3. The van der Waals surface area contributed by atoms with Gasteiger partial charge in [0, 0.05) is 12.6 Å². The first-order chi connectivity index (χ1) is 23.0. The molecule has 0 aliphatic carbocycles. The minimum absolute atomic E-state index is 0.189. The number of nitrogens with zero attached hydrogens (tertiary/aromatic N) is 2. The van der Waals surface area contributed by atoms with Gasteiger partial charge in [-0.1, -0.05) is 91.0 Å². The van der Waals surface area contributed by atoms with Crippen LogP contribution in [0.1, 0.15) is 16.7 Å². The molecule has 0 bridgehead atoms. The summed E-state index contributed by atoms with van der Waals surface area (Å²) < 4.78 is 29.1. The molecule has 0 aliphatic rings. The Morgan fingerprint density at radius 2 is 0.957 bits per heavy atom. The zero-order valence-electron chi connectivity index (χ0n) is 26.0. The third-order valence-corrected chi connectivity index (χ3v) is 7.15. The highest BCUT2D eigenvalue weighted by Crippen LogP contribution is 2.40. The highest BCUT2D eigenvalue weighted by Gasteiger charge is 2.37. The standard InChI is InChI=1S/C35H39N3O9/c39-37(40)32-16-17-33(34(28-32)38(41)42)36-18-19-43-20-21-44-22-23-45-24-25-46-26-27-47-35(29-10-4-1-5-11-29,30-12-6-2-7-13-30)31-14-8-3-9-15-31/h1-17,28,36H,18-27H2. The van der Waals surface area contributed by atoms with Crippen molar-refractivity contribution >= 4 is 17.1 Å². The molecule has 12 heteroatoms. The maximum atomic E-state index is 11.2. The molecule has 47 heavy (non-hydrogen) atoms. The van der Waals surface area contributed by atoms with Crippen molar-refractivity contribution in [3.63, 3.8) is 0 Å². The Hall–Kier alpha value is -4.72. The van der Waals surface area contributed by atoms with Crippen LogP contribution in [-0.2, 0) is 29.3 Å². The van der Waals surface area contributed by atoms with Gasteiger partial charge >= 0.3 is 0 Å². The van der Waals surface area contributed by atoms with Crippen molar-refractivity contribution in [1.82, 2.24) is 0 Å². The Morgan fingerprint density at radius 1 is 0.532 bits per heavy atom. The van der Waals surface area contributed by atoms with Gasteiger partial charge in [-0.15, -0.1) is 0 Å². The topological polar surface area (TPSA) is 144 Å². The van der Waals surface area contributed by atoms with E-state index in [0.717, 1.165) is 22.8 Å². The first-order valence-electron chi connectivity index (χ1n) is 15.3. The molecule has 0 saturated heterocycles. The lowest BCUT2D eigenvalue weighted by atomic mass is 9.80. The quantitative estimate of drug-likeness (QED) is 0.0468. The van der Waals surface area contributed by atoms with E-state index < -0.39 is 15.4 Å².